The molecule has 0 saturated heterocycles. The van der Waals surface area contributed by atoms with Crippen molar-refractivity contribution in [1.29, 1.82) is 0 Å². The van der Waals surface area contributed by atoms with Crippen LogP contribution in [0.15, 0.2) is 12.1 Å². The van der Waals surface area contributed by atoms with Crippen molar-refractivity contribution < 1.29 is 14.2 Å². The SMILES string of the molecule is COc1cc(CO)c(F)cc1Cl. The maximum absolute atomic E-state index is 12.9. The van der Waals surface area contributed by atoms with Crippen molar-refractivity contribution in [2.75, 3.05) is 7.11 Å². The highest BCUT2D eigenvalue weighted by Gasteiger charge is 2.07. The Bertz CT molecular complexity index is 263. The summed E-state index contributed by atoms with van der Waals surface area (Å²) in [7, 11) is 1.43. The van der Waals surface area contributed by atoms with Crippen molar-refractivity contribution in [1.82, 2.24) is 0 Å². The van der Waals surface area contributed by atoms with E-state index in [0.717, 1.165) is 6.07 Å². The Morgan fingerprint density at radius 1 is 1.58 bits per heavy atom. The van der Waals surface area contributed by atoms with Crippen LogP contribution < -0.4 is 4.74 Å². The normalized spacial score (nSPS) is 10.0. The van der Waals surface area contributed by atoms with E-state index in [0.29, 0.717) is 5.75 Å². The summed E-state index contributed by atoms with van der Waals surface area (Å²) in [5, 5.41) is 8.89. The van der Waals surface area contributed by atoms with Crippen molar-refractivity contribution in [2.45, 2.75) is 6.61 Å². The lowest BCUT2D eigenvalue weighted by atomic mass is 10.2. The van der Waals surface area contributed by atoms with Gasteiger partial charge in [-0.25, -0.2) is 4.39 Å². The second-order valence-electron chi connectivity index (χ2n) is 2.24. The van der Waals surface area contributed by atoms with E-state index in [-0.39, 0.29) is 17.2 Å². The maximum atomic E-state index is 12.9. The lowest BCUT2D eigenvalue weighted by molar-refractivity contribution is 0.274. The van der Waals surface area contributed by atoms with Crippen molar-refractivity contribution in [3.05, 3.63) is 28.5 Å². The predicted molar refractivity (Wildman–Crippen MR) is 43.9 cm³/mol. The number of benzene rings is 1. The van der Waals surface area contributed by atoms with Crippen LogP contribution in [-0.2, 0) is 6.61 Å². The zero-order valence-corrected chi connectivity index (χ0v) is 7.23. The van der Waals surface area contributed by atoms with Gasteiger partial charge in [0.15, 0.2) is 0 Å². The molecule has 0 atom stereocenters. The molecule has 0 unspecified atom stereocenters. The molecular formula is C8H8ClFO2. The molecule has 0 spiro atoms. The molecule has 0 amide bonds. The van der Waals surface area contributed by atoms with Crippen molar-refractivity contribution in [3.63, 3.8) is 0 Å². The molecule has 0 radical (unpaired) electrons. The Morgan fingerprint density at radius 3 is 2.75 bits per heavy atom. The highest BCUT2D eigenvalue weighted by atomic mass is 35.5. The van der Waals surface area contributed by atoms with E-state index in [2.05, 4.69) is 0 Å². The third-order valence-corrected chi connectivity index (χ3v) is 1.79. The second-order valence-corrected chi connectivity index (χ2v) is 2.64. The number of hydrogen-bond donors (Lipinski definition) is 1. The van der Waals surface area contributed by atoms with Gasteiger partial charge in [0, 0.05) is 5.56 Å². The van der Waals surface area contributed by atoms with E-state index in [9.17, 15) is 4.39 Å². The monoisotopic (exact) mass is 190 g/mol. The lowest BCUT2D eigenvalue weighted by Crippen LogP contribution is -1.92. The van der Waals surface area contributed by atoms with Gasteiger partial charge in [-0.15, -0.1) is 0 Å². The van der Waals surface area contributed by atoms with Crippen LogP contribution in [0.2, 0.25) is 5.02 Å². The molecule has 66 valence electrons. The molecular weight excluding hydrogens is 183 g/mol. The van der Waals surface area contributed by atoms with Gasteiger partial charge in [0.2, 0.25) is 0 Å². The third-order valence-electron chi connectivity index (χ3n) is 1.49. The summed E-state index contributed by atoms with van der Waals surface area (Å²) in [4.78, 5) is 0. The Kier molecular flexibility index (Phi) is 2.89. The van der Waals surface area contributed by atoms with Crippen LogP contribution in [0.25, 0.3) is 0 Å². The number of aliphatic hydroxyl groups excluding tert-OH is 1. The van der Waals surface area contributed by atoms with E-state index < -0.39 is 5.82 Å². The highest BCUT2D eigenvalue weighted by Crippen LogP contribution is 2.27. The highest BCUT2D eigenvalue weighted by molar-refractivity contribution is 6.32. The van der Waals surface area contributed by atoms with Crippen LogP contribution in [0.3, 0.4) is 0 Å². The summed E-state index contributed by atoms with van der Waals surface area (Å²) in [6.07, 6.45) is 0. The van der Waals surface area contributed by atoms with Crippen LogP contribution in [-0.4, -0.2) is 12.2 Å². The number of halogens is 2. The van der Waals surface area contributed by atoms with Gasteiger partial charge < -0.3 is 9.84 Å². The van der Waals surface area contributed by atoms with Gasteiger partial charge in [0.25, 0.3) is 0 Å². The maximum Gasteiger partial charge on any atom is 0.138 e. The van der Waals surface area contributed by atoms with Gasteiger partial charge in [-0.3, -0.25) is 0 Å². The Balaban J connectivity index is 3.18. The van der Waals surface area contributed by atoms with Gasteiger partial charge in [-0.05, 0) is 12.1 Å². The topological polar surface area (TPSA) is 29.5 Å². The molecule has 0 aliphatic rings. The van der Waals surface area contributed by atoms with Gasteiger partial charge in [0.1, 0.15) is 11.6 Å². The summed E-state index contributed by atoms with van der Waals surface area (Å²) in [6.45, 7) is -0.362. The molecule has 0 aromatic heterocycles. The minimum Gasteiger partial charge on any atom is -0.495 e. The molecule has 0 aliphatic heterocycles. The number of rotatable bonds is 2. The molecule has 1 N–H and O–H groups in total. The fourth-order valence-electron chi connectivity index (χ4n) is 0.849. The Morgan fingerprint density at radius 2 is 2.25 bits per heavy atom. The van der Waals surface area contributed by atoms with E-state index in [4.69, 9.17) is 21.4 Å². The molecule has 0 heterocycles. The van der Waals surface area contributed by atoms with Crippen molar-refractivity contribution in [2.24, 2.45) is 0 Å². The van der Waals surface area contributed by atoms with Gasteiger partial charge >= 0.3 is 0 Å². The number of hydrogen-bond acceptors (Lipinski definition) is 2. The van der Waals surface area contributed by atoms with Crippen LogP contribution in [0, 0.1) is 5.82 Å². The zero-order valence-electron chi connectivity index (χ0n) is 6.47. The number of methoxy groups -OCH3 is 1. The molecule has 4 heteroatoms. The molecule has 1 rings (SSSR count). The Hall–Kier alpha value is -0.800. The minimum absolute atomic E-state index is 0.177. The van der Waals surface area contributed by atoms with E-state index in [1.165, 1.54) is 13.2 Å². The average molecular weight is 191 g/mol. The average Bonchev–Trinajstić information content (AvgIpc) is 2.05. The van der Waals surface area contributed by atoms with Crippen LogP contribution in [0.1, 0.15) is 5.56 Å². The first kappa shape index (κ1) is 9.29. The third kappa shape index (κ3) is 1.68. The number of ether oxygens (including phenoxy) is 1. The summed E-state index contributed by atoms with van der Waals surface area (Å²) in [6, 6.07) is 2.49. The standard InChI is InChI=1S/C8H8ClFO2/c1-12-8-2-5(4-11)7(10)3-6(8)9/h2-3,11H,4H2,1H3. The summed E-state index contributed by atoms with van der Waals surface area (Å²) >= 11 is 5.61. The molecule has 0 bridgehead atoms. The molecule has 1 aromatic rings. The second kappa shape index (κ2) is 3.74. The van der Waals surface area contributed by atoms with E-state index >= 15 is 0 Å². The summed E-state index contributed by atoms with van der Waals surface area (Å²) < 4.78 is 17.7. The lowest BCUT2D eigenvalue weighted by Gasteiger charge is -2.05. The smallest absolute Gasteiger partial charge is 0.138 e. The quantitative estimate of drug-likeness (QED) is 0.773. The molecule has 12 heavy (non-hydrogen) atoms. The van der Waals surface area contributed by atoms with Crippen LogP contribution in [0.4, 0.5) is 4.39 Å². The first-order valence-corrected chi connectivity index (χ1v) is 3.69. The predicted octanol–water partition coefficient (Wildman–Crippen LogP) is 1.98. The van der Waals surface area contributed by atoms with E-state index in [1.54, 1.807) is 0 Å². The van der Waals surface area contributed by atoms with Crippen molar-refractivity contribution in [3.8, 4) is 5.75 Å². The Labute approximate surface area is 74.5 Å². The largest absolute Gasteiger partial charge is 0.495 e. The van der Waals surface area contributed by atoms with E-state index in [1.807, 2.05) is 0 Å². The first-order chi connectivity index (χ1) is 5.69. The van der Waals surface area contributed by atoms with Crippen molar-refractivity contribution >= 4 is 11.6 Å². The zero-order chi connectivity index (χ0) is 9.14. The van der Waals surface area contributed by atoms with Crippen LogP contribution in [0.5, 0.6) is 5.75 Å². The molecule has 0 aliphatic carbocycles. The molecule has 1 aromatic carbocycles. The van der Waals surface area contributed by atoms with Gasteiger partial charge in [-0.2, -0.15) is 0 Å². The fourth-order valence-corrected chi connectivity index (χ4v) is 1.08. The van der Waals surface area contributed by atoms with Gasteiger partial charge in [0.05, 0.1) is 18.7 Å². The van der Waals surface area contributed by atoms with Gasteiger partial charge in [-0.1, -0.05) is 11.6 Å². The first-order valence-electron chi connectivity index (χ1n) is 3.31. The molecule has 0 fully saturated rings. The molecule has 2 nitrogen and oxygen atoms in total. The summed E-state index contributed by atoms with van der Waals surface area (Å²) in [5.74, 6) is -0.162. The minimum atomic E-state index is -0.525. The fraction of sp³-hybridized carbons (Fsp3) is 0.250. The molecule has 0 saturated carbocycles. The number of aliphatic hydroxyl groups is 1. The summed E-state index contributed by atoms with van der Waals surface area (Å²) in [5.41, 5.74) is 0.177. The van der Waals surface area contributed by atoms with Crippen LogP contribution >= 0.6 is 11.6 Å².